The quantitative estimate of drug-likeness (QED) is 0.361. The molecule has 4 aromatic rings. The summed E-state index contributed by atoms with van der Waals surface area (Å²) in [4.78, 5) is 25.5. The van der Waals surface area contributed by atoms with E-state index < -0.39 is 0 Å². The van der Waals surface area contributed by atoms with Crippen molar-refractivity contribution in [2.75, 3.05) is 39.6 Å². The number of benzene rings is 2. The number of amides is 1. The van der Waals surface area contributed by atoms with Crippen LogP contribution in [0, 0.1) is 0 Å². The molecule has 8 heteroatoms. The van der Waals surface area contributed by atoms with Gasteiger partial charge in [-0.05, 0) is 50.8 Å². The summed E-state index contributed by atoms with van der Waals surface area (Å²) in [5, 5.41) is 7.42. The van der Waals surface area contributed by atoms with Crippen LogP contribution in [-0.4, -0.2) is 55.1 Å². The fourth-order valence-electron chi connectivity index (χ4n) is 3.67. The zero-order valence-electron chi connectivity index (χ0n) is 19.8. The van der Waals surface area contributed by atoms with Crippen molar-refractivity contribution in [2.24, 2.45) is 0 Å². The summed E-state index contributed by atoms with van der Waals surface area (Å²) in [7, 11) is 5.59. The molecule has 0 saturated heterocycles. The van der Waals surface area contributed by atoms with Crippen molar-refractivity contribution in [2.45, 2.75) is 13.0 Å². The third-order valence-corrected chi connectivity index (χ3v) is 6.63. The topological polar surface area (TPSA) is 79.4 Å². The van der Waals surface area contributed by atoms with Gasteiger partial charge in [-0.25, -0.2) is 9.97 Å². The molecule has 0 bridgehead atoms. The molecule has 2 heterocycles. The van der Waals surface area contributed by atoms with Gasteiger partial charge in [0.1, 0.15) is 22.7 Å². The monoisotopic (exact) mass is 475 g/mol. The highest BCUT2D eigenvalue weighted by atomic mass is 32.1. The van der Waals surface area contributed by atoms with Crippen molar-refractivity contribution in [3.05, 3.63) is 72.1 Å². The van der Waals surface area contributed by atoms with Crippen LogP contribution in [0.3, 0.4) is 0 Å². The van der Waals surface area contributed by atoms with Gasteiger partial charge >= 0.3 is 0 Å². The smallest absolute Gasteiger partial charge is 0.251 e. The summed E-state index contributed by atoms with van der Waals surface area (Å²) in [5.74, 6) is 1.38. The number of thiophene rings is 1. The Hall–Kier alpha value is -3.49. The van der Waals surface area contributed by atoms with Crippen molar-refractivity contribution >= 4 is 33.3 Å². The van der Waals surface area contributed by atoms with E-state index in [2.05, 4.69) is 45.7 Å². The molecule has 0 aliphatic rings. The van der Waals surface area contributed by atoms with Crippen LogP contribution in [0.5, 0.6) is 5.75 Å². The summed E-state index contributed by atoms with van der Waals surface area (Å²) in [6, 6.07) is 17.9. The molecule has 2 aromatic heterocycles. The second-order valence-corrected chi connectivity index (χ2v) is 9.33. The molecule has 0 saturated carbocycles. The molecule has 0 spiro atoms. The number of nitrogens with zero attached hydrogens (tertiary/aromatic N) is 3. The first-order valence-electron chi connectivity index (χ1n) is 11.1. The van der Waals surface area contributed by atoms with Crippen LogP contribution in [0.4, 0.5) is 5.82 Å². The SMILES string of the molecule is COc1ccc(C(=O)NCCN(C)C)cc1-c1cc2c(N[C@H](C)c3ccccc3)ncnc2s1. The summed E-state index contributed by atoms with van der Waals surface area (Å²) < 4.78 is 5.61. The molecule has 34 heavy (non-hydrogen) atoms. The predicted octanol–water partition coefficient (Wildman–Crippen LogP) is 4.83. The fraction of sp³-hybridized carbons (Fsp3) is 0.269. The largest absolute Gasteiger partial charge is 0.496 e. The van der Waals surface area contributed by atoms with Gasteiger partial charge in [0, 0.05) is 35.1 Å². The molecule has 2 aromatic carbocycles. The number of carbonyl (C=O) groups excluding carboxylic acids is 1. The van der Waals surface area contributed by atoms with Gasteiger partial charge in [0.15, 0.2) is 0 Å². The Morgan fingerprint density at radius 1 is 1.12 bits per heavy atom. The van der Waals surface area contributed by atoms with Crippen LogP contribution in [0.2, 0.25) is 0 Å². The maximum atomic E-state index is 12.7. The van der Waals surface area contributed by atoms with Gasteiger partial charge in [0.25, 0.3) is 5.91 Å². The van der Waals surface area contributed by atoms with Gasteiger partial charge in [-0.15, -0.1) is 11.3 Å². The van der Waals surface area contributed by atoms with Gasteiger partial charge in [-0.1, -0.05) is 30.3 Å². The normalized spacial score (nSPS) is 12.0. The highest BCUT2D eigenvalue weighted by molar-refractivity contribution is 7.22. The lowest BCUT2D eigenvalue weighted by molar-refractivity contribution is 0.0951. The second kappa shape index (κ2) is 10.6. The second-order valence-electron chi connectivity index (χ2n) is 8.30. The highest BCUT2D eigenvalue weighted by Gasteiger charge is 2.17. The highest BCUT2D eigenvalue weighted by Crippen LogP contribution is 2.40. The minimum absolute atomic E-state index is 0.0892. The van der Waals surface area contributed by atoms with Gasteiger partial charge in [-0.2, -0.15) is 0 Å². The van der Waals surface area contributed by atoms with Crippen molar-refractivity contribution in [1.82, 2.24) is 20.2 Å². The Balaban J connectivity index is 1.64. The van der Waals surface area contributed by atoms with Gasteiger partial charge in [-0.3, -0.25) is 4.79 Å². The van der Waals surface area contributed by atoms with E-state index in [0.717, 1.165) is 33.0 Å². The zero-order chi connectivity index (χ0) is 24.1. The average Bonchev–Trinajstić information content (AvgIpc) is 3.29. The summed E-state index contributed by atoms with van der Waals surface area (Å²) in [6.07, 6.45) is 1.58. The fourth-order valence-corrected chi connectivity index (χ4v) is 4.69. The van der Waals surface area contributed by atoms with Crippen LogP contribution < -0.4 is 15.4 Å². The molecule has 0 aliphatic carbocycles. The third kappa shape index (κ3) is 5.35. The van der Waals surface area contributed by atoms with E-state index in [1.165, 1.54) is 5.56 Å². The lowest BCUT2D eigenvalue weighted by Crippen LogP contribution is -2.31. The standard InChI is InChI=1S/C26H29N5O2S/c1-17(18-8-6-5-7-9-18)30-24-21-15-23(34-26(21)29-16-28-24)20-14-19(10-11-22(20)33-4)25(32)27-12-13-31(2)3/h5-11,14-17H,12-13H2,1-4H3,(H,27,32)(H,28,29,30)/t17-/m1/s1. The van der Waals surface area contributed by atoms with E-state index in [1.54, 1.807) is 30.8 Å². The average molecular weight is 476 g/mol. The molecule has 1 atom stereocenters. The van der Waals surface area contributed by atoms with E-state index in [0.29, 0.717) is 17.9 Å². The van der Waals surface area contributed by atoms with E-state index in [1.807, 2.05) is 49.3 Å². The maximum Gasteiger partial charge on any atom is 0.251 e. The first kappa shape index (κ1) is 23.7. The summed E-state index contributed by atoms with van der Waals surface area (Å²) in [6.45, 7) is 3.47. The van der Waals surface area contributed by atoms with Crippen molar-refractivity contribution in [3.63, 3.8) is 0 Å². The Bertz CT molecular complexity index is 1270. The summed E-state index contributed by atoms with van der Waals surface area (Å²) >= 11 is 1.55. The number of nitrogens with one attached hydrogen (secondary N) is 2. The first-order valence-corrected chi connectivity index (χ1v) is 11.9. The summed E-state index contributed by atoms with van der Waals surface area (Å²) in [5.41, 5.74) is 2.63. The lowest BCUT2D eigenvalue weighted by atomic mass is 10.1. The Morgan fingerprint density at radius 3 is 2.65 bits per heavy atom. The first-order chi connectivity index (χ1) is 16.5. The van der Waals surface area contributed by atoms with Crippen LogP contribution in [0.25, 0.3) is 20.7 Å². The van der Waals surface area contributed by atoms with Crippen molar-refractivity contribution < 1.29 is 9.53 Å². The molecule has 7 nitrogen and oxygen atoms in total. The number of hydrogen-bond donors (Lipinski definition) is 2. The minimum atomic E-state index is -0.106. The molecule has 0 fully saturated rings. The minimum Gasteiger partial charge on any atom is -0.496 e. The Labute approximate surface area is 203 Å². The molecular formula is C26H29N5O2S. The van der Waals surface area contributed by atoms with Crippen LogP contribution >= 0.6 is 11.3 Å². The predicted molar refractivity (Wildman–Crippen MR) is 139 cm³/mol. The number of rotatable bonds is 9. The van der Waals surface area contributed by atoms with E-state index in [9.17, 15) is 4.79 Å². The third-order valence-electron chi connectivity index (χ3n) is 5.55. The number of fused-ring (bicyclic) bond motifs is 1. The Kier molecular flexibility index (Phi) is 7.40. The zero-order valence-corrected chi connectivity index (χ0v) is 20.6. The molecule has 1 amide bonds. The van der Waals surface area contributed by atoms with Gasteiger partial charge in [0.2, 0.25) is 0 Å². The van der Waals surface area contributed by atoms with Crippen LogP contribution in [-0.2, 0) is 0 Å². The Morgan fingerprint density at radius 2 is 1.91 bits per heavy atom. The van der Waals surface area contributed by atoms with Crippen LogP contribution in [0.1, 0.15) is 28.9 Å². The molecular weight excluding hydrogens is 446 g/mol. The number of anilines is 1. The molecule has 0 aliphatic heterocycles. The van der Waals surface area contributed by atoms with Crippen molar-refractivity contribution in [1.29, 1.82) is 0 Å². The number of hydrogen-bond acceptors (Lipinski definition) is 7. The molecule has 176 valence electrons. The molecule has 0 radical (unpaired) electrons. The van der Waals surface area contributed by atoms with Crippen molar-refractivity contribution in [3.8, 4) is 16.2 Å². The molecule has 2 N–H and O–H groups in total. The molecule has 0 unspecified atom stereocenters. The molecule has 4 rings (SSSR count). The van der Waals surface area contributed by atoms with Crippen LogP contribution in [0.15, 0.2) is 60.9 Å². The van der Waals surface area contributed by atoms with Gasteiger partial charge in [0.05, 0.1) is 12.5 Å². The number of likely N-dealkylation sites (N-methyl/N-ethyl adjacent to an activating group) is 1. The maximum absolute atomic E-state index is 12.7. The lowest BCUT2D eigenvalue weighted by Gasteiger charge is -2.15. The number of ether oxygens (including phenoxy) is 1. The number of methoxy groups -OCH3 is 1. The van der Waals surface area contributed by atoms with E-state index in [-0.39, 0.29) is 11.9 Å². The number of carbonyl (C=O) groups is 1. The number of aromatic nitrogens is 2. The van der Waals surface area contributed by atoms with Gasteiger partial charge < -0.3 is 20.3 Å². The van der Waals surface area contributed by atoms with E-state index >= 15 is 0 Å². The van der Waals surface area contributed by atoms with E-state index in [4.69, 9.17) is 4.74 Å².